The minimum Gasteiger partial charge on any atom is -0.356 e. The summed E-state index contributed by atoms with van der Waals surface area (Å²) in [7, 11) is 1.98. The van der Waals surface area contributed by atoms with E-state index in [1.54, 1.807) is 0 Å². The molecule has 1 heterocycles. The van der Waals surface area contributed by atoms with Gasteiger partial charge in [-0.1, -0.05) is 37.5 Å². The Balaban J connectivity index is 0.00000280. The number of hydrogen-bond acceptors (Lipinski definition) is 4. The van der Waals surface area contributed by atoms with Crippen molar-refractivity contribution in [1.82, 2.24) is 25.4 Å². The Morgan fingerprint density at radius 1 is 1.18 bits per heavy atom. The van der Waals surface area contributed by atoms with Crippen LogP contribution in [-0.2, 0) is 13.6 Å². The summed E-state index contributed by atoms with van der Waals surface area (Å²) < 4.78 is 1.99. The van der Waals surface area contributed by atoms with Crippen molar-refractivity contribution in [1.29, 1.82) is 0 Å². The van der Waals surface area contributed by atoms with E-state index in [9.17, 15) is 0 Å². The Morgan fingerprint density at radius 2 is 1.93 bits per heavy atom. The topological polar surface area (TPSA) is 67.1 Å². The fourth-order valence-corrected chi connectivity index (χ4v) is 3.98. The van der Waals surface area contributed by atoms with E-state index in [2.05, 4.69) is 51.2 Å². The zero-order valence-corrected chi connectivity index (χ0v) is 19.9. The number of nitrogens with one attached hydrogen (secondary N) is 2. The lowest BCUT2D eigenvalue weighted by Crippen LogP contribution is -2.45. The number of aryl methyl sites for hydroxylation is 1. The molecule has 154 valence electrons. The van der Waals surface area contributed by atoms with Gasteiger partial charge in [0.05, 0.1) is 0 Å². The molecule has 0 aliphatic heterocycles. The van der Waals surface area contributed by atoms with E-state index in [1.165, 1.54) is 37.0 Å². The number of hydrogen-bond donors (Lipinski definition) is 2. The van der Waals surface area contributed by atoms with Gasteiger partial charge in [-0.2, -0.15) is 0 Å². The molecule has 1 aromatic heterocycles. The SMILES string of the molecule is Cc1nnc(CN=C(NCCSc2ccccc2)NC2CCCCC2)n1C.I. The maximum atomic E-state index is 4.77. The summed E-state index contributed by atoms with van der Waals surface area (Å²) in [4.78, 5) is 6.07. The molecule has 0 spiro atoms. The molecule has 3 rings (SSSR count). The first kappa shape index (κ1) is 23.0. The number of rotatable bonds is 7. The molecule has 0 unspecified atom stereocenters. The molecule has 1 aliphatic rings. The predicted octanol–water partition coefficient (Wildman–Crippen LogP) is 3.90. The summed E-state index contributed by atoms with van der Waals surface area (Å²) in [5.74, 6) is 3.68. The van der Waals surface area contributed by atoms with Crippen LogP contribution in [0.4, 0.5) is 0 Å². The molecule has 0 atom stereocenters. The Morgan fingerprint density at radius 3 is 2.61 bits per heavy atom. The van der Waals surface area contributed by atoms with Crippen LogP contribution in [0.5, 0.6) is 0 Å². The Hall–Kier alpha value is -1.29. The van der Waals surface area contributed by atoms with Crippen LogP contribution in [0.3, 0.4) is 0 Å². The first-order chi connectivity index (χ1) is 13.2. The minimum absolute atomic E-state index is 0. The lowest BCUT2D eigenvalue weighted by Gasteiger charge is -2.25. The van der Waals surface area contributed by atoms with Crippen molar-refractivity contribution in [2.75, 3.05) is 12.3 Å². The maximum Gasteiger partial charge on any atom is 0.191 e. The highest BCUT2D eigenvalue weighted by molar-refractivity contribution is 14.0. The van der Waals surface area contributed by atoms with Crippen molar-refractivity contribution in [2.45, 2.75) is 56.5 Å². The van der Waals surface area contributed by atoms with Gasteiger partial charge in [0, 0.05) is 30.3 Å². The third kappa shape index (κ3) is 7.27. The molecular formula is C20H31IN6S. The summed E-state index contributed by atoms with van der Waals surface area (Å²) in [5.41, 5.74) is 0. The fourth-order valence-electron chi connectivity index (χ4n) is 3.19. The maximum absolute atomic E-state index is 4.77. The number of nitrogens with zero attached hydrogens (tertiary/aromatic N) is 4. The van der Waals surface area contributed by atoms with Crippen LogP contribution in [0.2, 0.25) is 0 Å². The second-order valence-electron chi connectivity index (χ2n) is 6.95. The van der Waals surface area contributed by atoms with Crippen LogP contribution < -0.4 is 10.6 Å². The van der Waals surface area contributed by atoms with Gasteiger partial charge in [-0.05, 0) is 31.9 Å². The largest absolute Gasteiger partial charge is 0.356 e. The van der Waals surface area contributed by atoms with Gasteiger partial charge < -0.3 is 15.2 Å². The zero-order chi connectivity index (χ0) is 18.9. The molecule has 1 aliphatic carbocycles. The highest BCUT2D eigenvalue weighted by Crippen LogP contribution is 2.18. The lowest BCUT2D eigenvalue weighted by atomic mass is 9.96. The minimum atomic E-state index is 0. The van der Waals surface area contributed by atoms with Crippen molar-refractivity contribution >= 4 is 41.7 Å². The number of guanidine groups is 1. The second-order valence-corrected chi connectivity index (χ2v) is 8.12. The molecule has 0 saturated heterocycles. The van der Waals surface area contributed by atoms with Crippen molar-refractivity contribution in [3.63, 3.8) is 0 Å². The standard InChI is InChI=1S/C20H30N6S.HI/c1-16-24-25-19(26(16)2)15-22-20(23-17-9-5-3-6-10-17)21-13-14-27-18-11-7-4-8-12-18;/h4,7-8,11-12,17H,3,5-6,9-10,13-15H2,1-2H3,(H2,21,22,23);1H. The average molecular weight is 514 g/mol. The van der Waals surface area contributed by atoms with Gasteiger partial charge in [0.1, 0.15) is 12.4 Å². The summed E-state index contributed by atoms with van der Waals surface area (Å²) >= 11 is 1.86. The van der Waals surface area contributed by atoms with Crippen LogP contribution >= 0.6 is 35.7 Å². The second kappa shape index (κ2) is 12.3. The highest BCUT2D eigenvalue weighted by Gasteiger charge is 2.15. The van der Waals surface area contributed by atoms with E-state index in [-0.39, 0.29) is 24.0 Å². The Labute approximate surface area is 189 Å². The van der Waals surface area contributed by atoms with Gasteiger partial charge in [0.25, 0.3) is 0 Å². The van der Waals surface area contributed by atoms with Gasteiger partial charge in [0.2, 0.25) is 0 Å². The molecule has 28 heavy (non-hydrogen) atoms. The van der Waals surface area contributed by atoms with Gasteiger partial charge >= 0.3 is 0 Å². The molecule has 8 heteroatoms. The molecule has 6 nitrogen and oxygen atoms in total. The lowest BCUT2D eigenvalue weighted by molar-refractivity contribution is 0.410. The molecule has 0 radical (unpaired) electrons. The van der Waals surface area contributed by atoms with Gasteiger partial charge in [-0.3, -0.25) is 0 Å². The predicted molar refractivity (Wildman–Crippen MR) is 127 cm³/mol. The normalized spacial score (nSPS) is 15.1. The van der Waals surface area contributed by atoms with Crippen LogP contribution in [0, 0.1) is 6.92 Å². The molecule has 0 amide bonds. The zero-order valence-electron chi connectivity index (χ0n) is 16.7. The van der Waals surface area contributed by atoms with Gasteiger partial charge in [-0.25, -0.2) is 4.99 Å². The van der Waals surface area contributed by atoms with Crippen LogP contribution in [0.25, 0.3) is 0 Å². The molecule has 2 N–H and O–H groups in total. The van der Waals surface area contributed by atoms with E-state index < -0.39 is 0 Å². The summed E-state index contributed by atoms with van der Waals surface area (Å²) in [6, 6.07) is 11.0. The summed E-state index contributed by atoms with van der Waals surface area (Å²) in [6.07, 6.45) is 6.41. The molecule has 1 aromatic carbocycles. The molecule has 1 saturated carbocycles. The van der Waals surface area contributed by atoms with E-state index in [1.807, 2.05) is 30.3 Å². The third-order valence-electron chi connectivity index (χ3n) is 4.91. The first-order valence-corrected chi connectivity index (χ1v) is 10.8. The monoisotopic (exact) mass is 514 g/mol. The van der Waals surface area contributed by atoms with E-state index in [0.29, 0.717) is 12.6 Å². The van der Waals surface area contributed by atoms with E-state index in [0.717, 1.165) is 29.9 Å². The summed E-state index contributed by atoms with van der Waals surface area (Å²) in [6.45, 7) is 3.36. The van der Waals surface area contributed by atoms with Crippen molar-refractivity contribution in [2.24, 2.45) is 12.0 Å². The third-order valence-corrected chi connectivity index (χ3v) is 5.93. The number of aromatic nitrogens is 3. The quantitative estimate of drug-likeness (QED) is 0.193. The van der Waals surface area contributed by atoms with Gasteiger partial charge in [0.15, 0.2) is 11.8 Å². The number of benzene rings is 1. The molecule has 0 bridgehead atoms. The van der Waals surface area contributed by atoms with E-state index >= 15 is 0 Å². The highest BCUT2D eigenvalue weighted by atomic mass is 127. The first-order valence-electron chi connectivity index (χ1n) is 9.80. The smallest absolute Gasteiger partial charge is 0.191 e. The molecule has 2 aromatic rings. The van der Waals surface area contributed by atoms with Gasteiger partial charge in [-0.15, -0.1) is 45.9 Å². The Bertz CT molecular complexity index is 728. The average Bonchev–Trinajstić information content (AvgIpc) is 3.03. The molecular weight excluding hydrogens is 483 g/mol. The fraction of sp³-hybridized carbons (Fsp3) is 0.550. The van der Waals surface area contributed by atoms with Crippen LogP contribution in [0.1, 0.15) is 43.8 Å². The Kier molecular flexibility index (Phi) is 10.1. The number of aliphatic imine (C=N–C) groups is 1. The van der Waals surface area contributed by atoms with Crippen molar-refractivity contribution < 1.29 is 0 Å². The van der Waals surface area contributed by atoms with Crippen LogP contribution in [0.15, 0.2) is 40.2 Å². The summed E-state index contributed by atoms with van der Waals surface area (Å²) in [5, 5.41) is 15.5. The number of halogens is 1. The number of thioether (sulfide) groups is 1. The molecule has 1 fully saturated rings. The van der Waals surface area contributed by atoms with Crippen LogP contribution in [-0.4, -0.2) is 39.1 Å². The van der Waals surface area contributed by atoms with Crippen molar-refractivity contribution in [3.05, 3.63) is 42.0 Å². The van der Waals surface area contributed by atoms with E-state index in [4.69, 9.17) is 4.99 Å². The van der Waals surface area contributed by atoms with Crippen molar-refractivity contribution in [3.8, 4) is 0 Å².